The van der Waals surface area contributed by atoms with Gasteiger partial charge in [0.15, 0.2) is 0 Å². The molecular formula is C15H18N6O3. The second-order valence-corrected chi connectivity index (χ2v) is 6.04. The SMILES string of the molecule is Cc1nc2nc(NC(=O)c3cnoc3C)[nH]n2c(=O)c1CC(C)C. The fourth-order valence-electron chi connectivity index (χ4n) is 2.45. The molecule has 0 unspecified atom stereocenters. The van der Waals surface area contributed by atoms with Gasteiger partial charge >= 0.3 is 0 Å². The lowest BCUT2D eigenvalue weighted by Gasteiger charge is -2.06. The van der Waals surface area contributed by atoms with Crippen molar-refractivity contribution in [1.82, 2.24) is 24.7 Å². The first-order valence-electron chi connectivity index (χ1n) is 7.57. The molecule has 1 amide bonds. The van der Waals surface area contributed by atoms with Crippen LogP contribution in [0.25, 0.3) is 5.78 Å². The molecule has 0 radical (unpaired) electrons. The van der Waals surface area contributed by atoms with Gasteiger partial charge in [-0.05, 0) is 26.2 Å². The van der Waals surface area contributed by atoms with Crippen LogP contribution in [0.1, 0.15) is 41.2 Å². The maximum Gasteiger partial charge on any atom is 0.277 e. The van der Waals surface area contributed by atoms with E-state index in [-0.39, 0.29) is 17.3 Å². The van der Waals surface area contributed by atoms with Gasteiger partial charge in [0, 0.05) is 5.56 Å². The van der Waals surface area contributed by atoms with E-state index < -0.39 is 5.91 Å². The average molecular weight is 330 g/mol. The zero-order chi connectivity index (χ0) is 17.4. The lowest BCUT2D eigenvalue weighted by Crippen LogP contribution is -2.23. The van der Waals surface area contributed by atoms with Crippen LogP contribution in [0, 0.1) is 19.8 Å². The third-order valence-corrected chi connectivity index (χ3v) is 3.63. The number of fused-ring (bicyclic) bond motifs is 1. The van der Waals surface area contributed by atoms with Gasteiger partial charge in [-0.25, -0.2) is 4.98 Å². The van der Waals surface area contributed by atoms with E-state index in [9.17, 15) is 9.59 Å². The number of aryl methyl sites for hydroxylation is 2. The van der Waals surface area contributed by atoms with Gasteiger partial charge in [-0.1, -0.05) is 19.0 Å². The summed E-state index contributed by atoms with van der Waals surface area (Å²) < 4.78 is 6.10. The maximum absolute atomic E-state index is 12.6. The molecule has 3 aromatic heterocycles. The van der Waals surface area contributed by atoms with E-state index in [0.717, 1.165) is 0 Å². The van der Waals surface area contributed by atoms with Crippen LogP contribution in [-0.4, -0.2) is 30.6 Å². The van der Waals surface area contributed by atoms with Gasteiger partial charge in [0.1, 0.15) is 11.3 Å². The Morgan fingerprint density at radius 2 is 2.12 bits per heavy atom. The lowest BCUT2D eigenvalue weighted by molar-refractivity contribution is 0.102. The first kappa shape index (κ1) is 15.9. The van der Waals surface area contributed by atoms with E-state index in [1.807, 2.05) is 13.8 Å². The van der Waals surface area contributed by atoms with Gasteiger partial charge in [-0.15, -0.1) is 0 Å². The van der Waals surface area contributed by atoms with E-state index in [0.29, 0.717) is 34.9 Å². The molecule has 3 rings (SSSR count). The Labute approximate surface area is 137 Å². The number of rotatable bonds is 4. The molecule has 126 valence electrons. The van der Waals surface area contributed by atoms with E-state index in [1.165, 1.54) is 10.7 Å². The summed E-state index contributed by atoms with van der Waals surface area (Å²) in [7, 11) is 0. The lowest BCUT2D eigenvalue weighted by atomic mass is 10.0. The molecule has 0 fully saturated rings. The van der Waals surface area contributed by atoms with Crippen LogP contribution in [0.5, 0.6) is 0 Å². The topological polar surface area (TPSA) is 118 Å². The third-order valence-electron chi connectivity index (χ3n) is 3.63. The second-order valence-electron chi connectivity index (χ2n) is 6.04. The van der Waals surface area contributed by atoms with Crippen LogP contribution in [0.4, 0.5) is 5.95 Å². The first-order valence-corrected chi connectivity index (χ1v) is 7.57. The molecule has 2 N–H and O–H groups in total. The van der Waals surface area contributed by atoms with E-state index in [4.69, 9.17) is 4.52 Å². The molecule has 0 aromatic carbocycles. The summed E-state index contributed by atoms with van der Waals surface area (Å²) in [6.07, 6.45) is 1.95. The molecule has 9 heteroatoms. The van der Waals surface area contributed by atoms with Crippen molar-refractivity contribution in [2.45, 2.75) is 34.1 Å². The minimum Gasteiger partial charge on any atom is -0.361 e. The average Bonchev–Trinajstić information content (AvgIpc) is 3.09. The van der Waals surface area contributed by atoms with Crippen LogP contribution >= 0.6 is 0 Å². The van der Waals surface area contributed by atoms with Crippen molar-refractivity contribution >= 4 is 17.6 Å². The highest BCUT2D eigenvalue weighted by molar-refractivity contribution is 6.03. The number of nitrogens with one attached hydrogen (secondary N) is 2. The molecule has 0 atom stereocenters. The molecule has 0 saturated carbocycles. The second kappa shape index (κ2) is 5.91. The molecule has 0 aliphatic heterocycles. The van der Waals surface area contributed by atoms with Crippen molar-refractivity contribution in [2.75, 3.05) is 5.32 Å². The number of nitrogens with zero attached hydrogens (tertiary/aromatic N) is 4. The quantitative estimate of drug-likeness (QED) is 0.748. The van der Waals surface area contributed by atoms with Crippen LogP contribution < -0.4 is 10.9 Å². The van der Waals surface area contributed by atoms with Crippen molar-refractivity contribution < 1.29 is 9.32 Å². The number of anilines is 1. The molecule has 0 aliphatic rings. The Morgan fingerprint density at radius 1 is 1.38 bits per heavy atom. The monoisotopic (exact) mass is 330 g/mol. The summed E-state index contributed by atoms with van der Waals surface area (Å²) in [5.74, 6) is 0.637. The van der Waals surface area contributed by atoms with Crippen molar-refractivity contribution in [1.29, 1.82) is 0 Å². The number of hydrogen-bond donors (Lipinski definition) is 2. The summed E-state index contributed by atoms with van der Waals surface area (Å²) in [6.45, 7) is 7.49. The molecule has 0 bridgehead atoms. The number of carbonyl (C=O) groups is 1. The molecule has 3 aromatic rings. The first-order chi connectivity index (χ1) is 11.4. The Morgan fingerprint density at radius 3 is 2.75 bits per heavy atom. The molecular weight excluding hydrogens is 312 g/mol. The van der Waals surface area contributed by atoms with E-state index in [2.05, 4.69) is 25.5 Å². The Bertz CT molecular complexity index is 965. The van der Waals surface area contributed by atoms with Crippen molar-refractivity contribution in [3.8, 4) is 0 Å². The predicted molar refractivity (Wildman–Crippen MR) is 86.1 cm³/mol. The number of carbonyl (C=O) groups excluding carboxylic acids is 1. The molecule has 0 saturated heterocycles. The highest BCUT2D eigenvalue weighted by atomic mass is 16.5. The van der Waals surface area contributed by atoms with Gasteiger partial charge in [-0.3, -0.25) is 20.0 Å². The fourth-order valence-corrected chi connectivity index (χ4v) is 2.45. The van der Waals surface area contributed by atoms with Gasteiger partial charge < -0.3 is 4.52 Å². The highest BCUT2D eigenvalue weighted by Crippen LogP contribution is 2.11. The standard InChI is InChI=1S/C15H18N6O3/c1-7(2)5-10-8(3)17-15-19-14(20-21(15)13(10)23)18-12(22)11-6-16-24-9(11)4/h6-7H,5H2,1-4H3,(H2,17,18,19,20,22). The predicted octanol–water partition coefficient (Wildman–Crippen LogP) is 1.47. The van der Waals surface area contributed by atoms with Gasteiger partial charge in [-0.2, -0.15) is 9.50 Å². The van der Waals surface area contributed by atoms with Crippen molar-refractivity contribution in [3.05, 3.63) is 39.1 Å². The normalized spacial score (nSPS) is 11.4. The zero-order valence-electron chi connectivity index (χ0n) is 13.9. The number of aromatic nitrogens is 5. The highest BCUT2D eigenvalue weighted by Gasteiger charge is 2.17. The van der Waals surface area contributed by atoms with Crippen LogP contribution in [0.2, 0.25) is 0 Å². The summed E-state index contributed by atoms with van der Waals surface area (Å²) >= 11 is 0. The fraction of sp³-hybridized carbons (Fsp3) is 0.400. The minimum absolute atomic E-state index is 0.131. The number of H-pyrrole nitrogens is 1. The summed E-state index contributed by atoms with van der Waals surface area (Å²) in [5, 5.41) is 8.90. The van der Waals surface area contributed by atoms with Gasteiger partial charge in [0.2, 0.25) is 5.95 Å². The molecule has 3 heterocycles. The molecule has 0 spiro atoms. The smallest absolute Gasteiger partial charge is 0.277 e. The molecule has 9 nitrogen and oxygen atoms in total. The van der Waals surface area contributed by atoms with Crippen LogP contribution in [0.3, 0.4) is 0 Å². The summed E-state index contributed by atoms with van der Waals surface area (Å²) in [6, 6.07) is 0. The summed E-state index contributed by atoms with van der Waals surface area (Å²) in [4.78, 5) is 33.2. The Balaban J connectivity index is 1.97. The van der Waals surface area contributed by atoms with Crippen LogP contribution in [0.15, 0.2) is 15.5 Å². The number of amides is 1. The van der Waals surface area contributed by atoms with Crippen molar-refractivity contribution in [2.24, 2.45) is 5.92 Å². The maximum atomic E-state index is 12.6. The van der Waals surface area contributed by atoms with Crippen molar-refractivity contribution in [3.63, 3.8) is 0 Å². The van der Waals surface area contributed by atoms with Crippen LogP contribution in [-0.2, 0) is 6.42 Å². The Hall–Kier alpha value is -2.97. The number of aromatic amines is 1. The molecule has 0 aliphatic carbocycles. The largest absolute Gasteiger partial charge is 0.361 e. The summed E-state index contributed by atoms with van der Waals surface area (Å²) in [5.41, 5.74) is 1.37. The van der Waals surface area contributed by atoms with E-state index >= 15 is 0 Å². The third kappa shape index (κ3) is 2.80. The minimum atomic E-state index is -0.431. The van der Waals surface area contributed by atoms with Gasteiger partial charge in [0.25, 0.3) is 17.2 Å². The van der Waals surface area contributed by atoms with Gasteiger partial charge in [0.05, 0.1) is 11.9 Å². The van der Waals surface area contributed by atoms with E-state index in [1.54, 1.807) is 13.8 Å². The Kier molecular flexibility index (Phi) is 3.92. The number of hydrogen-bond acceptors (Lipinski definition) is 6. The molecule has 24 heavy (non-hydrogen) atoms. The zero-order valence-corrected chi connectivity index (χ0v) is 13.9.